The van der Waals surface area contributed by atoms with E-state index in [0.29, 0.717) is 0 Å². The van der Waals surface area contributed by atoms with Crippen LogP contribution in [-0.2, 0) is 19.4 Å². The van der Waals surface area contributed by atoms with E-state index in [9.17, 15) is 0 Å². The van der Waals surface area contributed by atoms with Gasteiger partial charge in [0.1, 0.15) is 0 Å². The van der Waals surface area contributed by atoms with Crippen molar-refractivity contribution in [3.8, 4) is 0 Å². The molecule has 0 amide bonds. The Bertz CT molecular complexity index is 679. The number of nitrogens with one attached hydrogen (secondary N) is 2. The summed E-state index contributed by atoms with van der Waals surface area (Å²) in [5.74, 6) is 0.829. The molecule has 4 nitrogen and oxygen atoms in total. The number of hydrogen-bond acceptors (Lipinski definition) is 4. The standard InChI is InChI=1S/C18H26N4S2/c1-5-15-12-21-17(24-15)8-9-20-18(19-3)22-11-14-7-6-13(2)10-16(14)23-4/h6-7,10,12H,5,8-9,11H2,1-4H3,(H2,19,20,22). The van der Waals surface area contributed by atoms with E-state index < -0.39 is 0 Å². The van der Waals surface area contributed by atoms with Crippen molar-refractivity contribution in [2.45, 2.75) is 38.1 Å². The smallest absolute Gasteiger partial charge is 0.191 e. The molecule has 0 atom stereocenters. The number of benzene rings is 1. The molecular weight excluding hydrogens is 336 g/mol. The lowest BCUT2D eigenvalue weighted by Crippen LogP contribution is -2.37. The summed E-state index contributed by atoms with van der Waals surface area (Å²) in [4.78, 5) is 11.4. The highest BCUT2D eigenvalue weighted by atomic mass is 32.2. The van der Waals surface area contributed by atoms with Gasteiger partial charge in [0.15, 0.2) is 5.96 Å². The molecular formula is C18H26N4S2. The predicted octanol–water partition coefficient (Wildman–Crippen LogP) is 3.64. The van der Waals surface area contributed by atoms with E-state index in [-0.39, 0.29) is 0 Å². The second kappa shape index (κ2) is 9.69. The van der Waals surface area contributed by atoms with Gasteiger partial charge in [0.2, 0.25) is 0 Å². The van der Waals surface area contributed by atoms with Crippen molar-refractivity contribution in [2.75, 3.05) is 19.8 Å². The first-order chi connectivity index (χ1) is 11.7. The number of hydrogen-bond donors (Lipinski definition) is 2. The van der Waals surface area contributed by atoms with Gasteiger partial charge in [-0.15, -0.1) is 23.1 Å². The summed E-state index contributed by atoms with van der Waals surface area (Å²) in [5.41, 5.74) is 2.59. The first-order valence-electron chi connectivity index (χ1n) is 8.17. The van der Waals surface area contributed by atoms with Gasteiger partial charge in [-0.1, -0.05) is 19.1 Å². The van der Waals surface area contributed by atoms with E-state index in [1.807, 2.05) is 6.20 Å². The molecule has 0 aliphatic carbocycles. The fourth-order valence-corrected chi connectivity index (χ4v) is 3.88. The van der Waals surface area contributed by atoms with Crippen LogP contribution in [0.3, 0.4) is 0 Å². The number of aromatic nitrogens is 1. The van der Waals surface area contributed by atoms with Crippen molar-refractivity contribution >= 4 is 29.1 Å². The Hall–Kier alpha value is -1.53. The molecule has 2 aromatic rings. The van der Waals surface area contributed by atoms with E-state index in [1.54, 1.807) is 30.1 Å². The van der Waals surface area contributed by atoms with E-state index >= 15 is 0 Å². The van der Waals surface area contributed by atoms with Gasteiger partial charge < -0.3 is 10.6 Å². The molecule has 2 N–H and O–H groups in total. The second-order valence-corrected chi connectivity index (χ2v) is 7.54. The zero-order chi connectivity index (χ0) is 17.4. The van der Waals surface area contributed by atoms with Crippen molar-refractivity contribution in [1.82, 2.24) is 15.6 Å². The monoisotopic (exact) mass is 362 g/mol. The molecule has 2 rings (SSSR count). The van der Waals surface area contributed by atoms with Crippen LogP contribution < -0.4 is 10.6 Å². The first-order valence-corrected chi connectivity index (χ1v) is 10.2. The van der Waals surface area contributed by atoms with E-state index in [4.69, 9.17) is 0 Å². The highest BCUT2D eigenvalue weighted by Crippen LogP contribution is 2.21. The number of aryl methyl sites for hydroxylation is 2. The van der Waals surface area contributed by atoms with Crippen LogP contribution in [0.4, 0.5) is 0 Å². The molecule has 0 fully saturated rings. The molecule has 0 aliphatic heterocycles. The molecule has 0 saturated carbocycles. The molecule has 0 aliphatic rings. The zero-order valence-electron chi connectivity index (χ0n) is 14.8. The summed E-state index contributed by atoms with van der Waals surface area (Å²) in [6.07, 6.45) is 6.08. The van der Waals surface area contributed by atoms with Crippen LogP contribution in [0, 0.1) is 6.92 Å². The summed E-state index contributed by atoms with van der Waals surface area (Å²) in [6.45, 7) is 5.89. The predicted molar refractivity (Wildman–Crippen MR) is 106 cm³/mol. The van der Waals surface area contributed by atoms with Gasteiger partial charge in [-0.3, -0.25) is 4.99 Å². The van der Waals surface area contributed by atoms with Gasteiger partial charge in [0.05, 0.1) is 5.01 Å². The molecule has 24 heavy (non-hydrogen) atoms. The summed E-state index contributed by atoms with van der Waals surface area (Å²) < 4.78 is 0. The molecule has 6 heteroatoms. The third-order valence-electron chi connectivity index (χ3n) is 3.69. The SMILES string of the molecule is CCc1cnc(CCNC(=NC)NCc2ccc(C)cc2SC)s1. The van der Waals surface area contributed by atoms with Gasteiger partial charge in [-0.25, -0.2) is 4.98 Å². The Kier molecular flexibility index (Phi) is 7.59. The molecule has 130 valence electrons. The maximum atomic E-state index is 4.45. The number of guanidine groups is 1. The van der Waals surface area contributed by atoms with Crippen molar-refractivity contribution < 1.29 is 0 Å². The Balaban J connectivity index is 1.82. The molecule has 0 spiro atoms. The highest BCUT2D eigenvalue weighted by Gasteiger charge is 2.05. The Morgan fingerprint density at radius 1 is 1.33 bits per heavy atom. The quantitative estimate of drug-likeness (QED) is 0.448. The normalized spacial score (nSPS) is 11.6. The number of thioether (sulfide) groups is 1. The van der Waals surface area contributed by atoms with Crippen molar-refractivity contribution in [3.63, 3.8) is 0 Å². The number of thiazole rings is 1. The topological polar surface area (TPSA) is 49.3 Å². The van der Waals surface area contributed by atoms with E-state index in [2.05, 4.69) is 58.9 Å². The maximum absolute atomic E-state index is 4.45. The maximum Gasteiger partial charge on any atom is 0.191 e. The molecule has 0 radical (unpaired) electrons. The Morgan fingerprint density at radius 2 is 2.17 bits per heavy atom. The summed E-state index contributed by atoms with van der Waals surface area (Å²) >= 11 is 3.58. The minimum atomic E-state index is 0.771. The highest BCUT2D eigenvalue weighted by molar-refractivity contribution is 7.98. The molecule has 1 aromatic carbocycles. The molecule has 0 unspecified atom stereocenters. The summed E-state index contributed by atoms with van der Waals surface area (Å²) in [6, 6.07) is 6.57. The van der Waals surface area contributed by atoms with Crippen LogP contribution in [0.25, 0.3) is 0 Å². The number of rotatable bonds is 7. The molecule has 1 aromatic heterocycles. The van der Waals surface area contributed by atoms with E-state index in [1.165, 1.54) is 25.9 Å². The lowest BCUT2D eigenvalue weighted by atomic mass is 10.1. The van der Waals surface area contributed by atoms with Crippen LogP contribution in [-0.4, -0.2) is 30.8 Å². The third kappa shape index (κ3) is 5.53. The van der Waals surface area contributed by atoms with Crippen LogP contribution in [0.1, 0.15) is 27.9 Å². The summed E-state index contributed by atoms with van der Waals surface area (Å²) in [7, 11) is 1.80. The van der Waals surface area contributed by atoms with Crippen molar-refractivity contribution in [1.29, 1.82) is 0 Å². The average Bonchev–Trinajstić information content (AvgIpc) is 3.06. The van der Waals surface area contributed by atoms with Crippen LogP contribution in [0.2, 0.25) is 0 Å². The second-order valence-electron chi connectivity index (χ2n) is 5.49. The molecule has 1 heterocycles. The zero-order valence-corrected chi connectivity index (χ0v) is 16.5. The first kappa shape index (κ1) is 18.8. The van der Waals surface area contributed by atoms with Gasteiger partial charge >= 0.3 is 0 Å². The fraction of sp³-hybridized carbons (Fsp3) is 0.444. The average molecular weight is 363 g/mol. The fourth-order valence-electron chi connectivity index (χ4n) is 2.31. The van der Waals surface area contributed by atoms with Crippen molar-refractivity contribution in [2.24, 2.45) is 4.99 Å². The molecule has 0 bridgehead atoms. The Labute approximate surface area is 153 Å². The van der Waals surface area contributed by atoms with Gasteiger partial charge in [0, 0.05) is 42.5 Å². The largest absolute Gasteiger partial charge is 0.356 e. The van der Waals surface area contributed by atoms with Crippen LogP contribution in [0.15, 0.2) is 34.3 Å². The van der Waals surface area contributed by atoms with Crippen molar-refractivity contribution in [3.05, 3.63) is 45.4 Å². The minimum Gasteiger partial charge on any atom is -0.356 e. The van der Waals surface area contributed by atoms with Gasteiger partial charge in [-0.2, -0.15) is 0 Å². The number of nitrogens with zero attached hydrogens (tertiary/aromatic N) is 2. The number of aliphatic imine (C=N–C) groups is 1. The summed E-state index contributed by atoms with van der Waals surface area (Å²) in [5, 5.41) is 7.93. The van der Waals surface area contributed by atoms with Crippen LogP contribution >= 0.6 is 23.1 Å². The molecule has 0 saturated heterocycles. The van der Waals surface area contributed by atoms with Gasteiger partial charge in [0.25, 0.3) is 0 Å². The third-order valence-corrected chi connectivity index (χ3v) is 5.71. The van der Waals surface area contributed by atoms with Gasteiger partial charge in [-0.05, 0) is 36.8 Å². The van der Waals surface area contributed by atoms with E-state index in [0.717, 1.165) is 31.9 Å². The minimum absolute atomic E-state index is 0.771. The lowest BCUT2D eigenvalue weighted by molar-refractivity contribution is 0.786. The Morgan fingerprint density at radius 3 is 2.83 bits per heavy atom. The lowest BCUT2D eigenvalue weighted by Gasteiger charge is -2.13. The van der Waals surface area contributed by atoms with Crippen LogP contribution in [0.5, 0.6) is 0 Å².